The van der Waals surface area contributed by atoms with E-state index in [0.29, 0.717) is 17.2 Å². The van der Waals surface area contributed by atoms with Crippen molar-refractivity contribution in [3.63, 3.8) is 0 Å². The molecule has 1 N–H and O–H groups in total. The van der Waals surface area contributed by atoms with Gasteiger partial charge in [0, 0.05) is 29.8 Å². The topological polar surface area (TPSA) is 125 Å². The number of Topliss-reactive ketones (excluding diaryl/α,β-unsaturated/α-hetero) is 1. The summed E-state index contributed by atoms with van der Waals surface area (Å²) in [6.45, 7) is 3.46. The van der Waals surface area contributed by atoms with Crippen LogP contribution in [0.25, 0.3) is 0 Å². The molecule has 0 atom stereocenters. The summed E-state index contributed by atoms with van der Waals surface area (Å²) in [6, 6.07) is 17.8. The molecular weight excluding hydrogens is 452 g/mol. The van der Waals surface area contributed by atoms with Gasteiger partial charge in [-0.15, -0.1) is 0 Å². The number of aryl methyl sites for hydroxylation is 2. The number of rotatable bonds is 10. The lowest BCUT2D eigenvalue weighted by atomic mass is 10.1. The van der Waals surface area contributed by atoms with Crippen molar-refractivity contribution in [3.8, 4) is 11.5 Å². The molecule has 0 bridgehead atoms. The van der Waals surface area contributed by atoms with E-state index >= 15 is 0 Å². The van der Waals surface area contributed by atoms with Crippen LogP contribution in [-0.4, -0.2) is 29.2 Å². The molecule has 9 heteroatoms. The van der Waals surface area contributed by atoms with Crippen LogP contribution in [0.3, 0.4) is 0 Å². The number of nitrogens with one attached hydrogen (secondary N) is 1. The third-order valence-electron chi connectivity index (χ3n) is 5.15. The Bertz CT molecular complexity index is 1250. The lowest BCUT2D eigenvalue weighted by Gasteiger charge is -2.09. The van der Waals surface area contributed by atoms with E-state index in [1.165, 1.54) is 23.8 Å². The third-order valence-corrected chi connectivity index (χ3v) is 5.15. The van der Waals surface area contributed by atoms with Crippen molar-refractivity contribution >= 4 is 29.0 Å². The predicted molar refractivity (Wildman–Crippen MR) is 129 cm³/mol. The quantitative estimate of drug-likeness (QED) is 0.186. The molecular formula is C26H24N2O7. The van der Waals surface area contributed by atoms with Crippen LogP contribution >= 0.6 is 0 Å². The van der Waals surface area contributed by atoms with E-state index in [1.54, 1.807) is 24.3 Å². The number of anilines is 1. The van der Waals surface area contributed by atoms with Crippen LogP contribution < -0.4 is 10.1 Å². The highest BCUT2D eigenvalue weighted by Gasteiger charge is 2.15. The third kappa shape index (κ3) is 7.50. The summed E-state index contributed by atoms with van der Waals surface area (Å²) < 4.78 is 10.7. The molecule has 0 saturated carbocycles. The smallest absolute Gasteiger partial charge is 0.306 e. The van der Waals surface area contributed by atoms with Gasteiger partial charge in [0.05, 0.1) is 11.3 Å². The fourth-order valence-corrected chi connectivity index (χ4v) is 3.05. The Balaban J connectivity index is 1.42. The summed E-state index contributed by atoms with van der Waals surface area (Å²) in [5, 5.41) is 13.5. The number of non-ortho nitro benzene ring substituents is 1. The minimum absolute atomic E-state index is 0.0645. The number of carbonyl (C=O) groups excluding carboxylic acids is 3. The van der Waals surface area contributed by atoms with E-state index in [-0.39, 0.29) is 24.1 Å². The SMILES string of the molecule is Cc1ccc(Oc2ccc(NC(=O)CCC(=O)OCC(=O)c3cccc([N+](=O)[O-])c3)cc2)cc1C. The Morgan fingerprint density at radius 3 is 2.29 bits per heavy atom. The van der Waals surface area contributed by atoms with Crippen molar-refractivity contribution in [3.05, 3.63) is 93.5 Å². The van der Waals surface area contributed by atoms with E-state index in [2.05, 4.69) is 5.32 Å². The molecule has 0 spiro atoms. The number of nitrogens with zero attached hydrogens (tertiary/aromatic N) is 1. The normalized spacial score (nSPS) is 10.3. The van der Waals surface area contributed by atoms with E-state index in [4.69, 9.17) is 9.47 Å². The van der Waals surface area contributed by atoms with Crippen LogP contribution in [0.4, 0.5) is 11.4 Å². The molecule has 35 heavy (non-hydrogen) atoms. The van der Waals surface area contributed by atoms with Crippen LogP contribution in [0.2, 0.25) is 0 Å². The molecule has 0 unspecified atom stereocenters. The molecule has 0 saturated heterocycles. The Morgan fingerprint density at radius 2 is 1.60 bits per heavy atom. The summed E-state index contributed by atoms with van der Waals surface area (Å²) in [5.74, 6) is -0.365. The Morgan fingerprint density at radius 1 is 0.886 bits per heavy atom. The number of ether oxygens (including phenoxy) is 2. The summed E-state index contributed by atoms with van der Waals surface area (Å²) in [4.78, 5) is 46.3. The van der Waals surface area contributed by atoms with Crippen LogP contribution in [-0.2, 0) is 14.3 Å². The molecule has 0 aliphatic heterocycles. The standard InChI is InChI=1S/C26H24N2O7/c1-17-6-9-23(14-18(17)2)35-22-10-7-20(8-11-22)27-25(30)12-13-26(31)34-16-24(29)19-4-3-5-21(15-19)28(32)33/h3-11,14-15H,12-13,16H2,1-2H3,(H,27,30). The van der Waals surface area contributed by atoms with Crippen molar-refractivity contribution in [2.24, 2.45) is 0 Å². The van der Waals surface area contributed by atoms with Gasteiger partial charge in [0.25, 0.3) is 5.69 Å². The van der Waals surface area contributed by atoms with Gasteiger partial charge >= 0.3 is 5.97 Å². The van der Waals surface area contributed by atoms with Crippen LogP contribution in [0.15, 0.2) is 66.7 Å². The second-order valence-electron chi connectivity index (χ2n) is 7.81. The minimum Gasteiger partial charge on any atom is -0.457 e. The number of amides is 1. The Labute approximate surface area is 201 Å². The molecule has 3 rings (SSSR count). The zero-order valence-electron chi connectivity index (χ0n) is 19.3. The number of hydrogen-bond donors (Lipinski definition) is 1. The number of hydrogen-bond acceptors (Lipinski definition) is 7. The first-order chi connectivity index (χ1) is 16.7. The first-order valence-electron chi connectivity index (χ1n) is 10.8. The molecule has 3 aromatic carbocycles. The maximum absolute atomic E-state index is 12.1. The fourth-order valence-electron chi connectivity index (χ4n) is 3.05. The van der Waals surface area contributed by atoms with Gasteiger partial charge in [0.2, 0.25) is 11.7 Å². The Kier molecular flexibility index (Phi) is 8.29. The van der Waals surface area contributed by atoms with Crippen molar-refractivity contribution in [2.45, 2.75) is 26.7 Å². The zero-order chi connectivity index (χ0) is 25.4. The number of esters is 1. The molecule has 0 fully saturated rings. The van der Waals surface area contributed by atoms with Crippen molar-refractivity contribution in [2.75, 3.05) is 11.9 Å². The molecule has 0 aliphatic carbocycles. The summed E-state index contributed by atoms with van der Waals surface area (Å²) >= 11 is 0. The van der Waals surface area contributed by atoms with Crippen molar-refractivity contribution < 1.29 is 28.8 Å². The number of benzene rings is 3. The predicted octanol–water partition coefficient (Wildman–Crippen LogP) is 5.15. The number of nitro groups is 1. The largest absolute Gasteiger partial charge is 0.457 e. The first-order valence-corrected chi connectivity index (χ1v) is 10.8. The monoisotopic (exact) mass is 476 g/mol. The summed E-state index contributed by atoms with van der Waals surface area (Å²) in [5.41, 5.74) is 2.67. The van der Waals surface area contributed by atoms with Gasteiger partial charge in [-0.2, -0.15) is 0 Å². The molecule has 180 valence electrons. The maximum Gasteiger partial charge on any atom is 0.306 e. The molecule has 0 aliphatic rings. The van der Waals surface area contributed by atoms with Crippen molar-refractivity contribution in [1.82, 2.24) is 0 Å². The molecule has 0 radical (unpaired) electrons. The van der Waals surface area contributed by atoms with Crippen LogP contribution in [0, 0.1) is 24.0 Å². The van der Waals surface area contributed by atoms with Gasteiger partial charge in [-0.1, -0.05) is 18.2 Å². The van der Waals surface area contributed by atoms with Gasteiger partial charge in [-0.05, 0) is 61.4 Å². The highest BCUT2D eigenvalue weighted by Crippen LogP contribution is 2.25. The molecule has 9 nitrogen and oxygen atoms in total. The van der Waals surface area contributed by atoms with Crippen LogP contribution in [0.1, 0.15) is 34.3 Å². The van der Waals surface area contributed by atoms with E-state index in [9.17, 15) is 24.5 Å². The lowest BCUT2D eigenvalue weighted by molar-refractivity contribution is -0.384. The second-order valence-corrected chi connectivity index (χ2v) is 7.81. The maximum atomic E-state index is 12.1. The second kappa shape index (κ2) is 11.6. The van der Waals surface area contributed by atoms with Gasteiger partial charge in [0.15, 0.2) is 6.61 Å². The molecule has 0 heterocycles. The molecule has 1 amide bonds. The lowest BCUT2D eigenvalue weighted by Crippen LogP contribution is -2.17. The zero-order valence-corrected chi connectivity index (χ0v) is 19.3. The summed E-state index contributed by atoms with van der Waals surface area (Å²) in [7, 11) is 0. The van der Waals surface area contributed by atoms with Crippen molar-refractivity contribution in [1.29, 1.82) is 0 Å². The average molecular weight is 476 g/mol. The average Bonchev–Trinajstić information content (AvgIpc) is 2.84. The summed E-state index contributed by atoms with van der Waals surface area (Å²) in [6.07, 6.45) is -0.354. The van der Waals surface area contributed by atoms with Gasteiger partial charge < -0.3 is 14.8 Å². The number of carbonyl (C=O) groups is 3. The molecule has 0 aromatic heterocycles. The number of nitro benzene ring substituents is 1. The number of ketones is 1. The van der Waals surface area contributed by atoms with Gasteiger partial charge in [-0.25, -0.2) is 0 Å². The highest BCUT2D eigenvalue weighted by atomic mass is 16.6. The van der Waals surface area contributed by atoms with E-state index < -0.39 is 29.2 Å². The van der Waals surface area contributed by atoms with Gasteiger partial charge in [0.1, 0.15) is 11.5 Å². The minimum atomic E-state index is -0.726. The van der Waals surface area contributed by atoms with Crippen LogP contribution in [0.5, 0.6) is 11.5 Å². The van der Waals surface area contributed by atoms with E-state index in [0.717, 1.165) is 11.6 Å². The highest BCUT2D eigenvalue weighted by molar-refractivity contribution is 5.98. The molecule has 3 aromatic rings. The van der Waals surface area contributed by atoms with E-state index in [1.807, 2.05) is 32.0 Å². The fraction of sp³-hybridized carbons (Fsp3) is 0.192. The first kappa shape index (κ1) is 25.1. The van der Waals surface area contributed by atoms with Gasteiger partial charge in [-0.3, -0.25) is 24.5 Å². The Hall–Kier alpha value is -4.53.